The molecule has 0 spiro atoms. The van der Waals surface area contributed by atoms with Gasteiger partial charge < -0.3 is 9.05 Å². The van der Waals surface area contributed by atoms with Crippen LogP contribution < -0.4 is 0 Å². The normalized spacial score (nSPS) is 16.0. The van der Waals surface area contributed by atoms with Crippen molar-refractivity contribution in [3.63, 3.8) is 0 Å². The number of Topliss-reactive ketones (excluding diaryl/α,β-unsaturated/α-hetero) is 1. The maximum atomic E-state index is 13.9. The Hall–Kier alpha value is -2.37. The summed E-state index contributed by atoms with van der Waals surface area (Å²) in [4.78, 5) is 19.6. The first-order valence-corrected chi connectivity index (χ1v) is 13.1. The minimum absolute atomic E-state index is 0.191. The van der Waals surface area contributed by atoms with Crippen molar-refractivity contribution < 1.29 is 18.4 Å². The van der Waals surface area contributed by atoms with Gasteiger partial charge in [-0.2, -0.15) is 0 Å². The van der Waals surface area contributed by atoms with Gasteiger partial charge >= 0.3 is 7.60 Å². The van der Waals surface area contributed by atoms with Crippen molar-refractivity contribution in [1.82, 2.24) is 0 Å². The number of rotatable bonds is 8. The predicted octanol–water partition coefficient (Wildman–Crippen LogP) is 6.93. The quantitative estimate of drug-likeness (QED) is 0.337. The minimum Gasteiger partial charge on any atom is -0.308 e. The van der Waals surface area contributed by atoms with Crippen molar-refractivity contribution in [3.8, 4) is 10.4 Å². The summed E-state index contributed by atoms with van der Waals surface area (Å²) in [5, 5.41) is 0.660. The lowest BCUT2D eigenvalue weighted by Gasteiger charge is -2.27. The summed E-state index contributed by atoms with van der Waals surface area (Å²) in [5.41, 5.74) is 3.02. The molecule has 1 aliphatic heterocycles. The smallest absolute Gasteiger partial charge is 0.308 e. The van der Waals surface area contributed by atoms with Gasteiger partial charge in [-0.05, 0) is 43.9 Å². The summed E-state index contributed by atoms with van der Waals surface area (Å²) >= 11 is 1.50. The molecule has 1 atom stereocenters. The van der Waals surface area contributed by atoms with Gasteiger partial charge in [-0.25, -0.2) is 4.99 Å². The molecule has 2 heterocycles. The predicted molar refractivity (Wildman–Crippen MR) is 131 cm³/mol. The van der Waals surface area contributed by atoms with Gasteiger partial charge in [0.2, 0.25) is 0 Å². The summed E-state index contributed by atoms with van der Waals surface area (Å²) in [5.74, 6) is -0.234. The van der Waals surface area contributed by atoms with Crippen molar-refractivity contribution in [2.24, 2.45) is 4.99 Å². The number of nitrogens with zero attached hydrogens (tertiary/aromatic N) is 1. The summed E-state index contributed by atoms with van der Waals surface area (Å²) in [6.45, 7) is 5.61. The van der Waals surface area contributed by atoms with E-state index in [9.17, 15) is 9.36 Å². The monoisotopic (exact) mass is 467 g/mol. The summed E-state index contributed by atoms with van der Waals surface area (Å²) in [6.07, 6.45) is 0.581. The number of aliphatic imine (C=N–C) groups is 1. The first-order chi connectivity index (χ1) is 15.5. The van der Waals surface area contributed by atoms with E-state index >= 15 is 0 Å². The zero-order valence-electron chi connectivity index (χ0n) is 18.4. The number of thiophene rings is 1. The van der Waals surface area contributed by atoms with Gasteiger partial charge in [0.25, 0.3) is 0 Å². The average molecular weight is 468 g/mol. The molecular weight excluding hydrogens is 441 g/mol. The Balaban J connectivity index is 1.89. The van der Waals surface area contributed by atoms with Crippen molar-refractivity contribution in [2.75, 3.05) is 13.2 Å². The van der Waals surface area contributed by atoms with Crippen molar-refractivity contribution in [1.29, 1.82) is 0 Å². The maximum absolute atomic E-state index is 13.9. The van der Waals surface area contributed by atoms with E-state index in [2.05, 4.69) is 0 Å². The van der Waals surface area contributed by atoms with E-state index in [0.717, 1.165) is 21.6 Å². The van der Waals surface area contributed by atoms with Crippen LogP contribution in [0.2, 0.25) is 0 Å². The Bertz CT molecular complexity index is 1180. The number of hydrogen-bond acceptors (Lipinski definition) is 6. The highest BCUT2D eigenvalue weighted by Crippen LogP contribution is 2.58. The minimum atomic E-state index is -3.70. The highest BCUT2D eigenvalue weighted by atomic mass is 32.1. The first-order valence-electron chi connectivity index (χ1n) is 10.7. The van der Waals surface area contributed by atoms with Gasteiger partial charge in [-0.3, -0.25) is 9.36 Å². The largest absolute Gasteiger partial charge is 0.347 e. The molecule has 32 heavy (non-hydrogen) atoms. The van der Waals surface area contributed by atoms with Gasteiger partial charge in [-0.1, -0.05) is 60.7 Å². The van der Waals surface area contributed by atoms with Crippen LogP contribution in [-0.2, 0) is 20.0 Å². The zero-order valence-corrected chi connectivity index (χ0v) is 20.1. The van der Waals surface area contributed by atoms with Gasteiger partial charge in [0.1, 0.15) is 5.00 Å². The molecule has 0 aliphatic carbocycles. The van der Waals surface area contributed by atoms with E-state index in [-0.39, 0.29) is 19.0 Å². The van der Waals surface area contributed by atoms with Crippen LogP contribution in [-0.4, -0.2) is 30.4 Å². The lowest BCUT2D eigenvalue weighted by atomic mass is 9.93. The fourth-order valence-corrected chi connectivity index (χ4v) is 7.33. The van der Waals surface area contributed by atoms with Gasteiger partial charge in [0.15, 0.2) is 11.4 Å². The van der Waals surface area contributed by atoms with Crippen LogP contribution >= 0.6 is 18.9 Å². The molecular formula is C25H26NO4PS. The van der Waals surface area contributed by atoms with Gasteiger partial charge in [-0.15, -0.1) is 11.3 Å². The van der Waals surface area contributed by atoms with Gasteiger partial charge in [0.05, 0.1) is 18.8 Å². The number of carbonyl (C=O) groups is 1. The number of fused-ring (bicyclic) bond motifs is 1. The fourth-order valence-electron chi connectivity index (χ4n) is 4.04. The molecule has 0 saturated heterocycles. The molecule has 166 valence electrons. The summed E-state index contributed by atoms with van der Waals surface area (Å²) in [6, 6.07) is 20.1. The molecule has 3 aromatic rings. The van der Waals surface area contributed by atoms with Crippen LogP contribution in [0, 0.1) is 0 Å². The molecule has 0 saturated carbocycles. The molecule has 7 heteroatoms. The van der Waals surface area contributed by atoms with Crippen LogP contribution in [0.1, 0.15) is 42.3 Å². The third-order valence-electron chi connectivity index (χ3n) is 5.35. The maximum Gasteiger partial charge on any atom is 0.347 e. The van der Waals surface area contributed by atoms with Crippen molar-refractivity contribution in [3.05, 3.63) is 77.4 Å². The van der Waals surface area contributed by atoms with E-state index in [1.807, 2.05) is 60.7 Å². The van der Waals surface area contributed by atoms with Crippen LogP contribution in [0.4, 0.5) is 5.00 Å². The second-order valence-corrected chi connectivity index (χ2v) is 10.6. The van der Waals surface area contributed by atoms with Gasteiger partial charge in [0, 0.05) is 10.6 Å². The Kier molecular flexibility index (Phi) is 6.87. The lowest BCUT2D eigenvalue weighted by molar-refractivity contribution is 0.0987. The van der Waals surface area contributed by atoms with Crippen molar-refractivity contribution in [2.45, 2.75) is 32.9 Å². The first kappa shape index (κ1) is 22.8. The van der Waals surface area contributed by atoms with E-state index < -0.39 is 13.3 Å². The number of ketones is 1. The van der Waals surface area contributed by atoms with Crippen LogP contribution in [0.15, 0.2) is 65.7 Å². The molecule has 1 unspecified atom stereocenters. The summed E-state index contributed by atoms with van der Waals surface area (Å²) < 4.78 is 24.7. The number of hydrogen-bond donors (Lipinski definition) is 0. The third kappa shape index (κ3) is 4.28. The second-order valence-electron chi connectivity index (χ2n) is 7.51. The standard InChI is InChI=1S/C25H26NO4PS/c1-4-29-31(28,30-5-2)23-17(3)26-25-21(22(23)27)20(16-18-12-8-6-9-13-18)24(32-25)19-14-10-7-11-15-19/h6-15,23H,4-5,16H2,1-3H3. The summed E-state index contributed by atoms with van der Waals surface area (Å²) in [7, 11) is -3.70. The molecule has 0 N–H and O–H groups in total. The van der Waals surface area contributed by atoms with E-state index in [4.69, 9.17) is 14.0 Å². The van der Waals surface area contributed by atoms with Crippen LogP contribution in [0.5, 0.6) is 0 Å². The third-order valence-corrected chi connectivity index (χ3v) is 9.00. The van der Waals surface area contributed by atoms with E-state index in [0.29, 0.717) is 22.7 Å². The van der Waals surface area contributed by atoms with Crippen LogP contribution in [0.3, 0.4) is 0 Å². The molecule has 0 fully saturated rings. The zero-order chi connectivity index (χ0) is 22.7. The fraction of sp³-hybridized carbons (Fsp3) is 0.280. The molecule has 2 aromatic carbocycles. The highest BCUT2D eigenvalue weighted by Gasteiger charge is 2.47. The molecule has 1 aromatic heterocycles. The Morgan fingerprint density at radius 3 is 2.16 bits per heavy atom. The second kappa shape index (κ2) is 9.63. The Morgan fingerprint density at radius 1 is 0.969 bits per heavy atom. The van der Waals surface area contributed by atoms with E-state index in [1.54, 1.807) is 20.8 Å². The topological polar surface area (TPSA) is 65.0 Å². The number of benzene rings is 2. The SMILES string of the molecule is CCOP(=O)(OCC)C1C(=O)c2c(sc(-c3ccccc3)c2Cc2ccccc2)N=C1C. The van der Waals surface area contributed by atoms with Crippen molar-refractivity contribution >= 4 is 35.4 Å². The molecule has 0 radical (unpaired) electrons. The van der Waals surface area contributed by atoms with Crippen LogP contribution in [0.25, 0.3) is 10.4 Å². The molecule has 0 amide bonds. The average Bonchev–Trinajstić information content (AvgIpc) is 3.13. The molecule has 1 aliphatic rings. The highest BCUT2D eigenvalue weighted by molar-refractivity contribution is 7.57. The molecule has 5 nitrogen and oxygen atoms in total. The molecule has 4 rings (SSSR count). The Morgan fingerprint density at radius 2 is 1.56 bits per heavy atom. The Labute approximate surface area is 192 Å². The van der Waals surface area contributed by atoms with E-state index in [1.165, 1.54) is 11.3 Å². The lowest BCUT2D eigenvalue weighted by Crippen LogP contribution is -2.33. The molecule has 0 bridgehead atoms. The number of carbonyl (C=O) groups excluding carboxylic acids is 1.